The van der Waals surface area contributed by atoms with E-state index >= 15 is 0 Å². The minimum atomic E-state index is -0.150. The Morgan fingerprint density at radius 3 is 2.80 bits per heavy atom. The van der Waals surface area contributed by atoms with Crippen LogP contribution in [-0.4, -0.2) is 52.2 Å². The van der Waals surface area contributed by atoms with E-state index in [1.54, 1.807) is 17.5 Å². The van der Waals surface area contributed by atoms with Crippen LogP contribution < -0.4 is 15.5 Å². The van der Waals surface area contributed by atoms with Crippen molar-refractivity contribution in [2.24, 2.45) is 5.92 Å². The first kappa shape index (κ1) is 23.2. The summed E-state index contributed by atoms with van der Waals surface area (Å²) in [7, 11) is 0. The second-order valence-corrected chi connectivity index (χ2v) is 9.40. The molecule has 5 rings (SSSR count). The Bertz CT molecular complexity index is 1280. The molecule has 35 heavy (non-hydrogen) atoms. The van der Waals surface area contributed by atoms with E-state index < -0.39 is 0 Å². The number of benzene rings is 1. The summed E-state index contributed by atoms with van der Waals surface area (Å²) in [6, 6.07) is 16.1. The van der Waals surface area contributed by atoms with Gasteiger partial charge in [0, 0.05) is 36.8 Å². The van der Waals surface area contributed by atoms with E-state index in [1.165, 1.54) is 0 Å². The van der Waals surface area contributed by atoms with Crippen molar-refractivity contribution in [1.82, 2.24) is 20.3 Å². The Morgan fingerprint density at radius 2 is 2.00 bits per heavy atom. The van der Waals surface area contributed by atoms with E-state index in [1.807, 2.05) is 36.4 Å². The summed E-state index contributed by atoms with van der Waals surface area (Å²) >= 11 is 1.60. The highest BCUT2D eigenvalue weighted by molar-refractivity contribution is 7.17. The molecule has 0 unspecified atom stereocenters. The topological polar surface area (TPSA) is 103 Å². The zero-order chi connectivity index (χ0) is 24.0. The third-order valence-electron chi connectivity index (χ3n) is 6.16. The summed E-state index contributed by atoms with van der Waals surface area (Å²) < 4.78 is 0. The molecule has 180 valence electrons. The summed E-state index contributed by atoms with van der Waals surface area (Å²) in [5.41, 5.74) is 3.14. The number of rotatable bonds is 8. The first-order chi connectivity index (χ1) is 17.2. The van der Waals surface area contributed by atoms with Crippen LogP contribution >= 0.6 is 11.3 Å². The average molecular weight is 489 g/mol. The van der Waals surface area contributed by atoms with Gasteiger partial charge in [-0.2, -0.15) is 4.98 Å². The lowest BCUT2D eigenvalue weighted by molar-refractivity contribution is -0.125. The zero-order valence-corrected chi connectivity index (χ0v) is 20.2. The number of pyridine rings is 1. The smallest absolute Gasteiger partial charge is 0.228 e. The molecule has 0 aliphatic carbocycles. The number of piperidine rings is 1. The minimum absolute atomic E-state index is 0.0270. The molecule has 0 spiro atoms. The fourth-order valence-corrected chi connectivity index (χ4v) is 5.35. The number of amides is 1. The Labute approximate surface area is 208 Å². The number of carbonyl (C=O) groups excluding carboxylic acids is 1. The monoisotopic (exact) mass is 488 g/mol. The van der Waals surface area contributed by atoms with E-state index in [0.717, 1.165) is 52.2 Å². The van der Waals surface area contributed by atoms with Gasteiger partial charge in [-0.05, 0) is 30.5 Å². The van der Waals surface area contributed by atoms with Gasteiger partial charge in [-0.25, -0.2) is 4.98 Å². The molecule has 1 atom stereocenters. The normalized spacial score (nSPS) is 15.8. The average Bonchev–Trinajstić information content (AvgIpc) is 3.36. The fourth-order valence-electron chi connectivity index (χ4n) is 4.40. The van der Waals surface area contributed by atoms with Crippen LogP contribution in [0.4, 0.5) is 11.8 Å². The first-order valence-electron chi connectivity index (χ1n) is 11.8. The Kier molecular flexibility index (Phi) is 7.15. The summed E-state index contributed by atoms with van der Waals surface area (Å²) in [6.45, 7) is 2.11. The fraction of sp³-hybridized carbons (Fsp3) is 0.308. The second-order valence-electron chi connectivity index (χ2n) is 8.54. The van der Waals surface area contributed by atoms with Crippen LogP contribution in [0.15, 0.2) is 60.1 Å². The predicted octanol–water partition coefficient (Wildman–Crippen LogP) is 3.69. The van der Waals surface area contributed by atoms with Gasteiger partial charge in [0.2, 0.25) is 11.9 Å². The third-order valence-corrected chi connectivity index (χ3v) is 7.03. The standard InChI is InChI=1S/C26H28N6O2S/c33-14-12-28-24(34)19-9-6-13-32(16-19)26-30-23(29-15-20-10-4-5-11-27-20)22-21(17-35-25(22)31-26)18-7-2-1-3-8-18/h1-5,7-8,10-11,17,19,33H,6,9,12-16H2,(H,28,34)(H,29,30,31)/t19-/m1/s1. The third kappa shape index (κ3) is 5.26. The molecule has 4 aromatic rings. The highest BCUT2D eigenvalue weighted by Crippen LogP contribution is 2.38. The van der Waals surface area contributed by atoms with E-state index in [-0.39, 0.29) is 25.0 Å². The van der Waals surface area contributed by atoms with Crippen molar-refractivity contribution in [3.8, 4) is 11.1 Å². The lowest BCUT2D eigenvalue weighted by Crippen LogP contribution is -2.44. The molecule has 0 radical (unpaired) electrons. The maximum Gasteiger partial charge on any atom is 0.228 e. The number of anilines is 2. The van der Waals surface area contributed by atoms with Gasteiger partial charge in [-0.15, -0.1) is 11.3 Å². The molecule has 1 aromatic carbocycles. The number of aliphatic hydroxyl groups is 1. The van der Waals surface area contributed by atoms with Gasteiger partial charge >= 0.3 is 0 Å². The Morgan fingerprint density at radius 1 is 1.14 bits per heavy atom. The summed E-state index contributed by atoms with van der Waals surface area (Å²) in [5.74, 6) is 1.22. The van der Waals surface area contributed by atoms with Gasteiger partial charge in [-0.1, -0.05) is 36.4 Å². The number of nitrogens with zero attached hydrogens (tertiary/aromatic N) is 4. The van der Waals surface area contributed by atoms with Crippen molar-refractivity contribution in [3.63, 3.8) is 0 Å². The molecule has 1 amide bonds. The second kappa shape index (κ2) is 10.8. The summed E-state index contributed by atoms with van der Waals surface area (Å²) in [6.07, 6.45) is 3.49. The molecule has 9 heteroatoms. The van der Waals surface area contributed by atoms with Crippen molar-refractivity contribution in [2.75, 3.05) is 36.5 Å². The van der Waals surface area contributed by atoms with Gasteiger partial charge in [0.05, 0.1) is 30.1 Å². The van der Waals surface area contributed by atoms with Crippen LogP contribution in [0, 0.1) is 5.92 Å². The molecule has 1 fully saturated rings. The molecule has 3 aromatic heterocycles. The molecule has 0 saturated carbocycles. The Hall–Kier alpha value is -3.56. The van der Waals surface area contributed by atoms with Crippen LogP contribution in [0.2, 0.25) is 0 Å². The van der Waals surface area contributed by atoms with Gasteiger partial charge in [0.1, 0.15) is 10.6 Å². The SMILES string of the molecule is O=C(NCCO)[C@@H]1CCCN(c2nc(NCc3ccccn3)c3c(-c4ccccc4)csc3n2)C1. The first-order valence-corrected chi connectivity index (χ1v) is 12.7. The molecule has 1 aliphatic heterocycles. The van der Waals surface area contributed by atoms with Crippen molar-refractivity contribution in [1.29, 1.82) is 0 Å². The maximum atomic E-state index is 12.5. The zero-order valence-electron chi connectivity index (χ0n) is 19.4. The van der Waals surface area contributed by atoms with Crippen LogP contribution in [0.25, 0.3) is 21.3 Å². The number of nitrogens with one attached hydrogen (secondary N) is 2. The predicted molar refractivity (Wildman–Crippen MR) is 139 cm³/mol. The number of fused-ring (bicyclic) bond motifs is 1. The van der Waals surface area contributed by atoms with E-state index in [2.05, 4.69) is 38.0 Å². The molecule has 3 N–H and O–H groups in total. The number of hydrogen-bond acceptors (Lipinski definition) is 8. The van der Waals surface area contributed by atoms with E-state index in [9.17, 15) is 4.79 Å². The number of aromatic nitrogens is 3. The molecular weight excluding hydrogens is 460 g/mol. The largest absolute Gasteiger partial charge is 0.395 e. The van der Waals surface area contributed by atoms with Crippen LogP contribution in [0.5, 0.6) is 0 Å². The van der Waals surface area contributed by atoms with E-state index in [0.29, 0.717) is 19.0 Å². The maximum absolute atomic E-state index is 12.5. The minimum Gasteiger partial charge on any atom is -0.395 e. The highest BCUT2D eigenvalue weighted by atomic mass is 32.1. The number of thiophene rings is 1. The number of hydrogen-bond donors (Lipinski definition) is 3. The quantitative estimate of drug-likeness (QED) is 0.348. The van der Waals surface area contributed by atoms with E-state index in [4.69, 9.17) is 15.1 Å². The molecule has 4 heterocycles. The van der Waals surface area contributed by atoms with Crippen molar-refractivity contribution in [3.05, 3.63) is 65.8 Å². The molecular formula is C26H28N6O2S. The van der Waals surface area contributed by atoms with Gasteiger partial charge in [0.15, 0.2) is 0 Å². The highest BCUT2D eigenvalue weighted by Gasteiger charge is 2.28. The molecule has 0 bridgehead atoms. The van der Waals surface area contributed by atoms with Crippen molar-refractivity contribution >= 4 is 39.2 Å². The van der Waals surface area contributed by atoms with Gasteiger partial charge in [0.25, 0.3) is 0 Å². The van der Waals surface area contributed by atoms with Gasteiger partial charge in [-0.3, -0.25) is 9.78 Å². The lowest BCUT2D eigenvalue weighted by Gasteiger charge is -2.32. The van der Waals surface area contributed by atoms with Crippen molar-refractivity contribution in [2.45, 2.75) is 19.4 Å². The summed E-state index contributed by atoms with van der Waals surface area (Å²) in [4.78, 5) is 29.8. The molecule has 8 nitrogen and oxygen atoms in total. The number of carbonyl (C=O) groups is 1. The van der Waals surface area contributed by atoms with Crippen molar-refractivity contribution < 1.29 is 9.90 Å². The molecule has 1 aliphatic rings. The van der Waals surface area contributed by atoms with Crippen LogP contribution in [0.1, 0.15) is 18.5 Å². The van der Waals surface area contributed by atoms with Crippen LogP contribution in [-0.2, 0) is 11.3 Å². The van der Waals surface area contributed by atoms with Gasteiger partial charge < -0.3 is 20.6 Å². The molecule has 1 saturated heterocycles. The lowest BCUT2D eigenvalue weighted by atomic mass is 9.97. The summed E-state index contributed by atoms with van der Waals surface area (Å²) in [5, 5.41) is 18.5. The number of aliphatic hydroxyl groups excluding tert-OH is 1. The Balaban J connectivity index is 1.49. The van der Waals surface area contributed by atoms with Crippen LogP contribution in [0.3, 0.4) is 0 Å².